The molecule has 5 N–H and O–H groups in total. The highest BCUT2D eigenvalue weighted by Gasteiger charge is 2.24. The molecule has 3 aromatic rings. The van der Waals surface area contributed by atoms with Crippen molar-refractivity contribution >= 4 is 44.0 Å². The van der Waals surface area contributed by atoms with Crippen molar-refractivity contribution in [2.24, 2.45) is 5.14 Å². The highest BCUT2D eigenvalue weighted by Crippen LogP contribution is 2.33. The van der Waals surface area contributed by atoms with Gasteiger partial charge in [0, 0.05) is 28.7 Å². The van der Waals surface area contributed by atoms with E-state index < -0.39 is 21.7 Å². The van der Waals surface area contributed by atoms with Gasteiger partial charge < -0.3 is 15.6 Å². The molecule has 4 rings (SSSR count). The number of carbonyl (C=O) groups excluding carboxylic acids is 2. The fourth-order valence-electron chi connectivity index (χ4n) is 3.41. The van der Waals surface area contributed by atoms with E-state index in [0.717, 1.165) is 0 Å². The Morgan fingerprint density at radius 2 is 2.00 bits per heavy atom. The van der Waals surface area contributed by atoms with Crippen molar-refractivity contribution in [2.75, 3.05) is 11.9 Å². The molecule has 10 heteroatoms. The Labute approximate surface area is 171 Å². The first-order chi connectivity index (χ1) is 14.2. The van der Waals surface area contributed by atoms with E-state index in [1.165, 1.54) is 42.5 Å². The maximum absolute atomic E-state index is 13.8. The summed E-state index contributed by atoms with van der Waals surface area (Å²) in [5.41, 5.74) is 2.10. The maximum Gasteiger partial charge on any atom is 0.268 e. The molecule has 0 aliphatic carbocycles. The van der Waals surface area contributed by atoms with E-state index >= 15 is 0 Å². The molecule has 8 nitrogen and oxygen atoms in total. The van der Waals surface area contributed by atoms with E-state index in [0.29, 0.717) is 22.0 Å². The minimum absolute atomic E-state index is 0.106. The third-order valence-corrected chi connectivity index (χ3v) is 5.63. The van der Waals surface area contributed by atoms with Gasteiger partial charge >= 0.3 is 0 Å². The molecule has 0 spiro atoms. The minimum atomic E-state index is -3.91. The predicted octanol–water partition coefficient (Wildman–Crippen LogP) is 2.11. The first-order valence-electron chi connectivity index (χ1n) is 8.94. The number of hydrogen-bond acceptors (Lipinski definition) is 4. The molecular formula is C20H17FN4O4S. The van der Waals surface area contributed by atoms with Crippen LogP contribution in [0.1, 0.15) is 22.5 Å². The van der Waals surface area contributed by atoms with Crippen molar-refractivity contribution in [3.05, 3.63) is 65.6 Å². The number of halogens is 1. The number of nitrogens with one attached hydrogen (secondary N) is 3. The quantitative estimate of drug-likeness (QED) is 0.506. The Bertz CT molecular complexity index is 1330. The topological polar surface area (TPSA) is 134 Å². The molecule has 2 amide bonds. The smallest absolute Gasteiger partial charge is 0.268 e. The van der Waals surface area contributed by atoms with E-state index in [-0.39, 0.29) is 35.1 Å². The zero-order chi connectivity index (χ0) is 21.5. The summed E-state index contributed by atoms with van der Waals surface area (Å²) >= 11 is 0. The molecule has 0 saturated carbocycles. The fourth-order valence-corrected chi connectivity index (χ4v) is 3.97. The number of hydrogen-bond donors (Lipinski definition) is 4. The summed E-state index contributed by atoms with van der Waals surface area (Å²) < 4.78 is 36.8. The lowest BCUT2D eigenvalue weighted by Gasteiger charge is -2.09. The molecule has 1 aliphatic rings. The van der Waals surface area contributed by atoms with Gasteiger partial charge in [0.1, 0.15) is 11.5 Å². The summed E-state index contributed by atoms with van der Waals surface area (Å²) in [7, 11) is -3.91. The Morgan fingerprint density at radius 3 is 2.77 bits per heavy atom. The monoisotopic (exact) mass is 428 g/mol. The van der Waals surface area contributed by atoms with Crippen molar-refractivity contribution in [1.29, 1.82) is 0 Å². The maximum atomic E-state index is 13.8. The number of H-pyrrole nitrogens is 1. The van der Waals surface area contributed by atoms with Gasteiger partial charge in [0.2, 0.25) is 15.9 Å². The van der Waals surface area contributed by atoms with E-state index in [1.807, 2.05) is 0 Å². The van der Waals surface area contributed by atoms with Crippen LogP contribution >= 0.6 is 0 Å². The second-order valence-corrected chi connectivity index (χ2v) is 8.36. The lowest BCUT2D eigenvalue weighted by Crippen LogP contribution is -2.22. The van der Waals surface area contributed by atoms with E-state index in [2.05, 4.69) is 15.6 Å². The Hall–Kier alpha value is -3.50. The van der Waals surface area contributed by atoms with E-state index in [9.17, 15) is 22.4 Å². The van der Waals surface area contributed by atoms with E-state index in [4.69, 9.17) is 5.14 Å². The Balaban J connectivity index is 1.66. The number of amides is 2. The average molecular weight is 428 g/mol. The molecule has 154 valence electrons. The molecule has 2 heterocycles. The van der Waals surface area contributed by atoms with Gasteiger partial charge in [0.05, 0.1) is 11.3 Å². The summed E-state index contributed by atoms with van der Waals surface area (Å²) in [6.45, 7) is 0.210. The van der Waals surface area contributed by atoms with Crippen molar-refractivity contribution in [3.8, 4) is 0 Å². The predicted molar refractivity (Wildman–Crippen MR) is 110 cm³/mol. The molecule has 0 radical (unpaired) electrons. The van der Waals surface area contributed by atoms with Gasteiger partial charge in [-0.1, -0.05) is 12.1 Å². The standard InChI is InChI=1S/C20H17FN4O4S/c21-12-4-5-16-15(9-12)18-11(6-7-23-20(27)19(18)25-16)8-17(26)24-13-2-1-3-14(10-13)30(22,28)29/h1-6,9-10,25H,7-8H2,(H,23,27)(H,24,26)(H2,22,28,29). The number of primary sulfonamides is 1. The number of carbonyl (C=O) groups is 2. The molecule has 0 bridgehead atoms. The Morgan fingerprint density at radius 1 is 1.20 bits per heavy atom. The summed E-state index contributed by atoms with van der Waals surface area (Å²) in [5.74, 6) is -1.24. The first-order valence-corrected chi connectivity index (χ1v) is 10.5. The summed E-state index contributed by atoms with van der Waals surface area (Å²) in [4.78, 5) is 27.9. The van der Waals surface area contributed by atoms with Crippen molar-refractivity contribution in [2.45, 2.75) is 11.3 Å². The minimum Gasteiger partial charge on any atom is -0.350 e. The number of benzene rings is 2. The van der Waals surface area contributed by atoms with Crippen LogP contribution in [0.5, 0.6) is 0 Å². The van der Waals surface area contributed by atoms with Crippen LogP contribution in [0.15, 0.2) is 53.4 Å². The van der Waals surface area contributed by atoms with Crippen molar-refractivity contribution in [3.63, 3.8) is 0 Å². The van der Waals surface area contributed by atoms with Crippen LogP contribution in [0.2, 0.25) is 0 Å². The largest absolute Gasteiger partial charge is 0.350 e. The zero-order valence-electron chi connectivity index (χ0n) is 15.5. The highest BCUT2D eigenvalue weighted by atomic mass is 32.2. The zero-order valence-corrected chi connectivity index (χ0v) is 16.3. The van der Waals surface area contributed by atoms with Gasteiger partial charge in [-0.3, -0.25) is 9.59 Å². The Kier molecular flexibility index (Phi) is 4.88. The number of sulfonamides is 1. The summed E-state index contributed by atoms with van der Waals surface area (Å²) in [5, 5.41) is 10.9. The number of aromatic nitrogens is 1. The molecule has 1 aliphatic heterocycles. The molecule has 0 fully saturated rings. The number of fused-ring (bicyclic) bond motifs is 3. The average Bonchev–Trinajstić information content (AvgIpc) is 2.98. The number of nitrogens with two attached hydrogens (primary N) is 1. The fraction of sp³-hybridized carbons (Fsp3) is 0.100. The van der Waals surface area contributed by atoms with Crippen LogP contribution in [-0.2, 0) is 14.8 Å². The van der Waals surface area contributed by atoms with Gasteiger partial charge in [0.25, 0.3) is 5.91 Å². The molecule has 0 unspecified atom stereocenters. The second-order valence-electron chi connectivity index (χ2n) is 6.80. The molecular weight excluding hydrogens is 411 g/mol. The summed E-state index contributed by atoms with van der Waals surface area (Å²) in [6.07, 6.45) is 1.59. The van der Waals surface area contributed by atoms with E-state index in [1.54, 1.807) is 6.08 Å². The van der Waals surface area contributed by atoms with Gasteiger partial charge in [0.15, 0.2) is 0 Å². The summed E-state index contributed by atoms with van der Waals surface area (Å²) in [6, 6.07) is 9.70. The third kappa shape index (κ3) is 3.82. The lowest BCUT2D eigenvalue weighted by molar-refractivity contribution is -0.115. The van der Waals surface area contributed by atoms with Gasteiger partial charge in [-0.05, 0) is 42.0 Å². The lowest BCUT2D eigenvalue weighted by atomic mass is 9.98. The molecule has 1 aromatic heterocycles. The second kappa shape index (κ2) is 7.39. The van der Waals surface area contributed by atoms with Crippen LogP contribution in [0.25, 0.3) is 16.5 Å². The van der Waals surface area contributed by atoms with Crippen LogP contribution in [0, 0.1) is 5.82 Å². The molecule has 2 aromatic carbocycles. The van der Waals surface area contributed by atoms with Crippen molar-refractivity contribution in [1.82, 2.24) is 10.3 Å². The number of anilines is 1. The van der Waals surface area contributed by atoms with Crippen LogP contribution in [-0.4, -0.2) is 31.8 Å². The molecule has 30 heavy (non-hydrogen) atoms. The first kappa shape index (κ1) is 19.8. The van der Waals surface area contributed by atoms with Gasteiger partial charge in [-0.2, -0.15) is 0 Å². The SMILES string of the molecule is NS(=O)(=O)c1cccc(NC(=O)CC2=CCNC(=O)c3[nH]c4ccc(F)cc4c32)c1. The van der Waals surface area contributed by atoms with Gasteiger partial charge in [-0.15, -0.1) is 0 Å². The number of aromatic amines is 1. The van der Waals surface area contributed by atoms with Crippen LogP contribution in [0.3, 0.4) is 0 Å². The van der Waals surface area contributed by atoms with Crippen molar-refractivity contribution < 1.29 is 22.4 Å². The van der Waals surface area contributed by atoms with Crippen LogP contribution in [0.4, 0.5) is 10.1 Å². The number of rotatable bonds is 4. The molecule has 0 saturated heterocycles. The van der Waals surface area contributed by atoms with Crippen LogP contribution < -0.4 is 15.8 Å². The van der Waals surface area contributed by atoms with Gasteiger partial charge in [-0.25, -0.2) is 17.9 Å². The third-order valence-electron chi connectivity index (χ3n) is 4.72. The normalized spacial score (nSPS) is 13.9. The molecule has 0 atom stereocenters. The highest BCUT2D eigenvalue weighted by molar-refractivity contribution is 7.89.